The number of amides is 2. The average molecular weight is 300 g/mol. The number of anilines is 1. The predicted molar refractivity (Wildman–Crippen MR) is 69.1 cm³/mol. The number of hydrogen-bond donors (Lipinski definition) is 3. The van der Waals surface area contributed by atoms with Crippen molar-refractivity contribution in [2.75, 3.05) is 18.4 Å². The van der Waals surface area contributed by atoms with E-state index in [0.717, 1.165) is 0 Å². The van der Waals surface area contributed by atoms with E-state index < -0.39 is 34.8 Å². The summed E-state index contributed by atoms with van der Waals surface area (Å²) in [6.45, 7) is 1.93. The maximum atomic E-state index is 13.2. The number of rotatable bonds is 2. The van der Waals surface area contributed by atoms with Crippen molar-refractivity contribution in [3.8, 4) is 0 Å². The highest BCUT2D eigenvalue weighted by atomic mass is 19.2. The Labute approximate surface area is 119 Å². The molecule has 0 bridgehead atoms. The Bertz CT molecular complexity index is 604. The second-order valence-corrected chi connectivity index (χ2v) is 5.22. The SMILES string of the molecule is CC1(O)CCN(C(=O)Nc2cc(F)c(F)cc2C(=O)O)C1. The average Bonchev–Trinajstić information content (AvgIpc) is 2.73. The van der Waals surface area contributed by atoms with Gasteiger partial charge in [0, 0.05) is 12.6 Å². The van der Waals surface area contributed by atoms with Gasteiger partial charge >= 0.3 is 12.0 Å². The molecule has 0 spiro atoms. The molecular weight excluding hydrogens is 286 g/mol. The van der Waals surface area contributed by atoms with E-state index in [-0.39, 0.29) is 18.8 Å². The fraction of sp³-hybridized carbons (Fsp3) is 0.385. The summed E-state index contributed by atoms with van der Waals surface area (Å²) < 4.78 is 26.3. The molecule has 3 N–H and O–H groups in total. The van der Waals surface area contributed by atoms with Gasteiger partial charge in [-0.15, -0.1) is 0 Å². The highest BCUT2D eigenvalue weighted by molar-refractivity contribution is 6.00. The summed E-state index contributed by atoms with van der Waals surface area (Å²) in [6, 6.07) is 0.444. The van der Waals surface area contributed by atoms with Gasteiger partial charge in [0.1, 0.15) is 0 Å². The van der Waals surface area contributed by atoms with Crippen LogP contribution in [-0.4, -0.2) is 45.8 Å². The van der Waals surface area contributed by atoms with Crippen LogP contribution in [0.25, 0.3) is 0 Å². The predicted octanol–water partition coefficient (Wildman–Crippen LogP) is 1.65. The zero-order valence-electron chi connectivity index (χ0n) is 11.2. The molecule has 1 aromatic carbocycles. The van der Waals surface area contributed by atoms with Crippen molar-refractivity contribution >= 4 is 17.7 Å². The number of nitrogens with zero attached hydrogens (tertiary/aromatic N) is 1. The van der Waals surface area contributed by atoms with Crippen LogP contribution in [0, 0.1) is 11.6 Å². The summed E-state index contributed by atoms with van der Waals surface area (Å²) in [5.41, 5.74) is -1.90. The molecule has 0 saturated carbocycles. The molecule has 6 nitrogen and oxygen atoms in total. The zero-order chi connectivity index (χ0) is 15.8. The third kappa shape index (κ3) is 3.27. The van der Waals surface area contributed by atoms with Gasteiger partial charge in [0.2, 0.25) is 0 Å². The largest absolute Gasteiger partial charge is 0.478 e. The maximum absolute atomic E-state index is 13.2. The Kier molecular flexibility index (Phi) is 3.82. The molecule has 1 aliphatic rings. The molecule has 1 aromatic rings. The molecule has 1 heterocycles. The number of nitrogens with one attached hydrogen (secondary N) is 1. The van der Waals surface area contributed by atoms with Crippen LogP contribution < -0.4 is 5.32 Å². The minimum atomic E-state index is -1.49. The van der Waals surface area contributed by atoms with E-state index in [1.54, 1.807) is 6.92 Å². The Morgan fingerprint density at radius 3 is 2.48 bits per heavy atom. The topological polar surface area (TPSA) is 89.9 Å². The number of benzene rings is 1. The van der Waals surface area contributed by atoms with E-state index in [1.165, 1.54) is 4.90 Å². The van der Waals surface area contributed by atoms with Gasteiger partial charge in [0.15, 0.2) is 11.6 Å². The standard InChI is InChI=1S/C13H14F2N2O4/c1-13(21)2-3-17(6-13)12(20)16-10-5-9(15)8(14)4-7(10)11(18)19/h4-5,21H,2-3,6H2,1H3,(H,16,20)(H,18,19). The van der Waals surface area contributed by atoms with Crippen molar-refractivity contribution in [1.82, 2.24) is 4.90 Å². The molecular formula is C13H14F2N2O4. The number of carboxylic acids is 1. The third-order valence-corrected chi connectivity index (χ3v) is 3.27. The fourth-order valence-corrected chi connectivity index (χ4v) is 2.14. The molecule has 1 atom stereocenters. The first-order chi connectivity index (χ1) is 9.69. The number of carbonyl (C=O) groups excluding carboxylic acids is 1. The lowest BCUT2D eigenvalue weighted by Gasteiger charge is -2.20. The van der Waals surface area contributed by atoms with E-state index in [0.29, 0.717) is 18.6 Å². The summed E-state index contributed by atoms with van der Waals surface area (Å²) >= 11 is 0. The summed E-state index contributed by atoms with van der Waals surface area (Å²) in [5.74, 6) is -4.06. The van der Waals surface area contributed by atoms with Crippen molar-refractivity contribution in [3.05, 3.63) is 29.3 Å². The van der Waals surface area contributed by atoms with Crippen molar-refractivity contribution < 1.29 is 28.6 Å². The number of aromatic carboxylic acids is 1. The van der Waals surface area contributed by atoms with E-state index in [4.69, 9.17) is 5.11 Å². The molecule has 2 rings (SSSR count). The zero-order valence-corrected chi connectivity index (χ0v) is 11.2. The Balaban J connectivity index is 2.21. The van der Waals surface area contributed by atoms with Gasteiger partial charge in [-0.3, -0.25) is 0 Å². The molecule has 1 saturated heterocycles. The first-order valence-corrected chi connectivity index (χ1v) is 6.20. The minimum Gasteiger partial charge on any atom is -0.478 e. The molecule has 1 aliphatic heterocycles. The number of likely N-dealkylation sites (tertiary alicyclic amines) is 1. The molecule has 0 radical (unpaired) electrons. The van der Waals surface area contributed by atoms with Crippen LogP contribution in [-0.2, 0) is 0 Å². The first-order valence-electron chi connectivity index (χ1n) is 6.20. The fourth-order valence-electron chi connectivity index (χ4n) is 2.14. The van der Waals surface area contributed by atoms with Crippen LogP contribution in [0.15, 0.2) is 12.1 Å². The van der Waals surface area contributed by atoms with Crippen molar-refractivity contribution in [1.29, 1.82) is 0 Å². The van der Waals surface area contributed by atoms with Crippen LogP contribution >= 0.6 is 0 Å². The van der Waals surface area contributed by atoms with E-state index in [1.807, 2.05) is 0 Å². The second-order valence-electron chi connectivity index (χ2n) is 5.22. The molecule has 0 aromatic heterocycles. The second kappa shape index (κ2) is 5.28. The van der Waals surface area contributed by atoms with Gasteiger partial charge in [0.25, 0.3) is 0 Å². The van der Waals surface area contributed by atoms with Crippen molar-refractivity contribution in [2.24, 2.45) is 0 Å². The van der Waals surface area contributed by atoms with Gasteiger partial charge in [-0.25, -0.2) is 18.4 Å². The smallest absolute Gasteiger partial charge is 0.337 e. The molecule has 8 heteroatoms. The van der Waals surface area contributed by atoms with E-state index in [2.05, 4.69) is 5.32 Å². The van der Waals surface area contributed by atoms with Gasteiger partial charge < -0.3 is 20.4 Å². The first kappa shape index (κ1) is 15.2. The van der Waals surface area contributed by atoms with Crippen LogP contribution in [0.2, 0.25) is 0 Å². The van der Waals surface area contributed by atoms with Crippen LogP contribution in [0.1, 0.15) is 23.7 Å². The molecule has 0 aliphatic carbocycles. The summed E-state index contributed by atoms with van der Waals surface area (Å²) in [4.78, 5) is 24.2. The van der Waals surface area contributed by atoms with Crippen molar-refractivity contribution in [3.63, 3.8) is 0 Å². The Hall–Kier alpha value is -2.22. The highest BCUT2D eigenvalue weighted by Crippen LogP contribution is 2.24. The lowest BCUT2D eigenvalue weighted by Crippen LogP contribution is -2.37. The van der Waals surface area contributed by atoms with E-state index >= 15 is 0 Å². The Morgan fingerprint density at radius 1 is 1.33 bits per heavy atom. The summed E-state index contributed by atoms with van der Waals surface area (Å²) in [6.07, 6.45) is 0.379. The van der Waals surface area contributed by atoms with Gasteiger partial charge in [-0.1, -0.05) is 0 Å². The normalized spacial score (nSPS) is 21.4. The maximum Gasteiger partial charge on any atom is 0.337 e. The Morgan fingerprint density at radius 2 is 1.95 bits per heavy atom. The third-order valence-electron chi connectivity index (χ3n) is 3.27. The van der Waals surface area contributed by atoms with Crippen molar-refractivity contribution in [2.45, 2.75) is 18.9 Å². The number of carboxylic acid groups (broad SMARTS) is 1. The van der Waals surface area contributed by atoms with Gasteiger partial charge in [0.05, 0.1) is 23.4 Å². The monoisotopic (exact) mass is 300 g/mol. The van der Waals surface area contributed by atoms with Crippen LogP contribution in [0.3, 0.4) is 0 Å². The number of hydrogen-bond acceptors (Lipinski definition) is 3. The molecule has 1 unspecified atom stereocenters. The number of urea groups is 1. The van der Waals surface area contributed by atoms with Gasteiger partial charge in [-0.2, -0.15) is 0 Å². The van der Waals surface area contributed by atoms with Gasteiger partial charge in [-0.05, 0) is 19.4 Å². The molecule has 114 valence electrons. The number of carbonyl (C=O) groups is 2. The van der Waals surface area contributed by atoms with Crippen LogP contribution in [0.4, 0.5) is 19.3 Å². The lowest BCUT2D eigenvalue weighted by molar-refractivity contribution is 0.0694. The van der Waals surface area contributed by atoms with E-state index in [9.17, 15) is 23.5 Å². The molecule has 21 heavy (non-hydrogen) atoms. The molecule has 2 amide bonds. The summed E-state index contributed by atoms with van der Waals surface area (Å²) in [5, 5.41) is 21.0. The number of halogens is 2. The number of aliphatic hydroxyl groups is 1. The quantitative estimate of drug-likeness (QED) is 0.774. The summed E-state index contributed by atoms with van der Waals surface area (Å²) in [7, 11) is 0. The highest BCUT2D eigenvalue weighted by Gasteiger charge is 2.34. The van der Waals surface area contributed by atoms with Crippen LogP contribution in [0.5, 0.6) is 0 Å². The minimum absolute atomic E-state index is 0.0743. The molecule has 1 fully saturated rings. The number of β-amino-alcohol motifs (C(OH)–C–C–N with tert-alkyl or cyclic N) is 1. The lowest BCUT2D eigenvalue weighted by atomic mass is 10.1.